The number of amides is 1. The van der Waals surface area contributed by atoms with Crippen molar-refractivity contribution in [2.45, 2.75) is 42.9 Å². The summed E-state index contributed by atoms with van der Waals surface area (Å²) >= 11 is 11.4. The first kappa shape index (κ1) is 14.4. The van der Waals surface area contributed by atoms with Crippen molar-refractivity contribution in [3.8, 4) is 0 Å². The van der Waals surface area contributed by atoms with Gasteiger partial charge in [0.05, 0.1) is 11.7 Å². The van der Waals surface area contributed by atoms with E-state index >= 15 is 0 Å². The molecule has 1 N–H and O–H groups in total. The van der Waals surface area contributed by atoms with Gasteiger partial charge in [-0.3, -0.25) is 9.52 Å². The number of nitrogens with one attached hydrogen (secondary N) is 1. The number of carbonyl (C=O) groups excluding carboxylic acids is 1. The number of hydrogen-bond donors (Lipinski definition) is 1. The van der Waals surface area contributed by atoms with Crippen molar-refractivity contribution in [2.75, 3.05) is 5.75 Å². The van der Waals surface area contributed by atoms with Crippen LogP contribution in [0, 0.1) is 11.8 Å². The zero-order valence-electron chi connectivity index (χ0n) is 9.99. The number of halogens is 2. The van der Waals surface area contributed by atoms with Gasteiger partial charge in [0.1, 0.15) is 4.33 Å². The third-order valence-electron chi connectivity index (χ3n) is 3.67. The summed E-state index contributed by atoms with van der Waals surface area (Å²) in [6.45, 7) is 0. The Kier molecular flexibility index (Phi) is 4.14. The van der Waals surface area contributed by atoms with E-state index in [-0.39, 0.29) is 5.75 Å². The second-order valence-electron chi connectivity index (χ2n) is 5.24. The molecule has 0 spiro atoms. The van der Waals surface area contributed by atoms with E-state index in [1.165, 1.54) is 12.8 Å². The monoisotopic (exact) mass is 313 g/mol. The molecule has 4 nitrogen and oxygen atoms in total. The Morgan fingerprint density at radius 3 is 2.33 bits per heavy atom. The minimum Gasteiger partial charge on any atom is -0.274 e. The number of hydrogen-bond acceptors (Lipinski definition) is 3. The highest BCUT2D eigenvalue weighted by Crippen LogP contribution is 2.53. The number of rotatable bonds is 5. The van der Waals surface area contributed by atoms with Crippen LogP contribution in [0.2, 0.25) is 0 Å². The first-order valence-corrected chi connectivity index (χ1v) is 8.63. The Labute approximate surface area is 117 Å². The smallest absolute Gasteiger partial charge is 0.239 e. The summed E-state index contributed by atoms with van der Waals surface area (Å²) < 4.78 is 24.4. The van der Waals surface area contributed by atoms with Gasteiger partial charge >= 0.3 is 0 Å². The molecular formula is C11H17Cl2NO3S. The van der Waals surface area contributed by atoms with Gasteiger partial charge in [-0.25, -0.2) is 8.42 Å². The van der Waals surface area contributed by atoms with Gasteiger partial charge in [-0.05, 0) is 18.8 Å². The van der Waals surface area contributed by atoms with E-state index in [4.69, 9.17) is 23.2 Å². The van der Waals surface area contributed by atoms with E-state index in [1.807, 2.05) is 0 Å². The second kappa shape index (κ2) is 5.17. The summed E-state index contributed by atoms with van der Waals surface area (Å²) in [6.07, 6.45) is 5.50. The zero-order chi connectivity index (χ0) is 13.4. The van der Waals surface area contributed by atoms with Gasteiger partial charge in [0.2, 0.25) is 15.9 Å². The van der Waals surface area contributed by atoms with Gasteiger partial charge in [-0.1, -0.05) is 25.7 Å². The number of sulfonamides is 1. The lowest BCUT2D eigenvalue weighted by Gasteiger charge is -2.10. The van der Waals surface area contributed by atoms with Gasteiger partial charge < -0.3 is 0 Å². The molecule has 1 amide bonds. The molecule has 0 saturated heterocycles. The number of carbonyl (C=O) groups is 1. The summed E-state index contributed by atoms with van der Waals surface area (Å²) in [6, 6.07) is 0. The Balaban J connectivity index is 1.78. The maximum Gasteiger partial charge on any atom is 0.239 e. The van der Waals surface area contributed by atoms with Crippen molar-refractivity contribution in [1.29, 1.82) is 0 Å². The van der Waals surface area contributed by atoms with Crippen LogP contribution in [0.1, 0.15) is 38.5 Å². The van der Waals surface area contributed by atoms with Gasteiger partial charge in [-0.2, -0.15) is 0 Å². The van der Waals surface area contributed by atoms with Crippen LogP contribution in [-0.4, -0.2) is 24.4 Å². The Hall–Kier alpha value is -0.000000000000000111. The molecule has 104 valence electrons. The Morgan fingerprint density at radius 2 is 1.83 bits per heavy atom. The van der Waals surface area contributed by atoms with E-state index in [2.05, 4.69) is 4.72 Å². The fourth-order valence-corrected chi connectivity index (χ4v) is 4.10. The molecule has 0 aromatic rings. The van der Waals surface area contributed by atoms with Gasteiger partial charge in [0, 0.05) is 0 Å². The molecule has 7 heteroatoms. The molecule has 1 atom stereocenters. The minimum atomic E-state index is -3.54. The molecule has 2 aliphatic rings. The van der Waals surface area contributed by atoms with Gasteiger partial charge in [-0.15, -0.1) is 23.2 Å². The molecule has 0 bridgehead atoms. The third-order valence-corrected chi connectivity index (χ3v) is 5.79. The van der Waals surface area contributed by atoms with Crippen LogP contribution in [-0.2, 0) is 14.8 Å². The lowest BCUT2D eigenvalue weighted by atomic mass is 10.1. The molecule has 0 radical (unpaired) electrons. The summed E-state index contributed by atoms with van der Waals surface area (Å²) in [7, 11) is -3.54. The van der Waals surface area contributed by atoms with Crippen LogP contribution in [0.4, 0.5) is 0 Å². The normalized spacial score (nSPS) is 27.1. The molecule has 2 saturated carbocycles. The largest absolute Gasteiger partial charge is 0.274 e. The Bertz CT molecular complexity index is 430. The summed E-state index contributed by atoms with van der Waals surface area (Å²) in [5.74, 6) is -0.681. The lowest BCUT2D eigenvalue weighted by Crippen LogP contribution is -2.35. The standard InChI is InChI=1S/C11H17Cl2NO3S/c12-11(13)7-9(11)10(15)14-18(16,17)6-5-8-3-1-2-4-8/h8-9H,1-7H2,(H,14,15). The maximum absolute atomic E-state index is 11.7. The van der Waals surface area contributed by atoms with E-state index in [0.717, 1.165) is 12.8 Å². The van der Waals surface area contributed by atoms with Crippen molar-refractivity contribution in [3.63, 3.8) is 0 Å². The fraction of sp³-hybridized carbons (Fsp3) is 0.909. The van der Waals surface area contributed by atoms with Crippen LogP contribution in [0.5, 0.6) is 0 Å². The molecule has 0 heterocycles. The van der Waals surface area contributed by atoms with Crippen LogP contribution in [0.3, 0.4) is 0 Å². The average Bonchev–Trinajstić information content (AvgIpc) is 2.71. The summed E-state index contributed by atoms with van der Waals surface area (Å²) in [5, 5.41) is 0. The van der Waals surface area contributed by atoms with E-state index < -0.39 is 26.2 Å². The van der Waals surface area contributed by atoms with Crippen molar-refractivity contribution >= 4 is 39.1 Å². The SMILES string of the molecule is O=C(NS(=O)(=O)CCC1CCCC1)C1CC1(Cl)Cl. The van der Waals surface area contributed by atoms with Crippen LogP contribution in [0.25, 0.3) is 0 Å². The first-order chi connectivity index (χ1) is 8.30. The predicted octanol–water partition coefficient (Wildman–Crippen LogP) is 2.21. The lowest BCUT2D eigenvalue weighted by molar-refractivity contribution is -0.120. The van der Waals surface area contributed by atoms with Crippen molar-refractivity contribution in [2.24, 2.45) is 11.8 Å². The molecule has 18 heavy (non-hydrogen) atoms. The van der Waals surface area contributed by atoms with Crippen LogP contribution >= 0.6 is 23.2 Å². The van der Waals surface area contributed by atoms with E-state index in [1.54, 1.807) is 0 Å². The van der Waals surface area contributed by atoms with Gasteiger partial charge in [0.15, 0.2) is 0 Å². The van der Waals surface area contributed by atoms with Crippen LogP contribution < -0.4 is 4.72 Å². The quantitative estimate of drug-likeness (QED) is 0.791. The average molecular weight is 314 g/mol. The Morgan fingerprint density at radius 1 is 1.28 bits per heavy atom. The van der Waals surface area contributed by atoms with E-state index in [9.17, 15) is 13.2 Å². The zero-order valence-corrected chi connectivity index (χ0v) is 12.3. The fourth-order valence-electron chi connectivity index (χ4n) is 2.39. The van der Waals surface area contributed by atoms with Crippen LogP contribution in [0.15, 0.2) is 0 Å². The molecule has 2 aliphatic carbocycles. The third kappa shape index (κ3) is 3.75. The molecule has 2 rings (SSSR count). The van der Waals surface area contributed by atoms with Gasteiger partial charge in [0.25, 0.3) is 0 Å². The molecule has 0 aromatic heterocycles. The first-order valence-electron chi connectivity index (χ1n) is 6.22. The topological polar surface area (TPSA) is 63.2 Å². The minimum absolute atomic E-state index is 0.00764. The van der Waals surface area contributed by atoms with Crippen molar-refractivity contribution in [1.82, 2.24) is 4.72 Å². The number of alkyl halides is 2. The second-order valence-corrected chi connectivity index (χ2v) is 8.63. The molecule has 0 aliphatic heterocycles. The predicted molar refractivity (Wildman–Crippen MR) is 71.0 cm³/mol. The summed E-state index contributed by atoms with van der Waals surface area (Å²) in [5.41, 5.74) is 0. The maximum atomic E-state index is 11.7. The molecular weight excluding hydrogens is 297 g/mol. The highest BCUT2D eigenvalue weighted by Gasteiger charge is 2.56. The molecule has 1 unspecified atom stereocenters. The van der Waals surface area contributed by atoms with Crippen molar-refractivity contribution < 1.29 is 13.2 Å². The van der Waals surface area contributed by atoms with Crippen molar-refractivity contribution in [3.05, 3.63) is 0 Å². The highest BCUT2D eigenvalue weighted by molar-refractivity contribution is 7.90. The van der Waals surface area contributed by atoms with E-state index in [0.29, 0.717) is 18.8 Å². The molecule has 0 aromatic carbocycles. The highest BCUT2D eigenvalue weighted by atomic mass is 35.5. The molecule has 2 fully saturated rings. The summed E-state index contributed by atoms with van der Waals surface area (Å²) in [4.78, 5) is 11.6.